The first-order valence-electron chi connectivity index (χ1n) is 6.77. The van der Waals surface area contributed by atoms with E-state index >= 15 is 0 Å². The Hall–Kier alpha value is 2.95. The second-order valence-corrected chi connectivity index (χ2v) is 28.3. The van der Waals surface area contributed by atoms with Gasteiger partial charge in [-0.3, -0.25) is 0 Å². The van der Waals surface area contributed by atoms with Gasteiger partial charge in [0.15, 0.2) is 0 Å². The Labute approximate surface area is 157 Å². The molecule has 0 aliphatic rings. The zero-order valence-electron chi connectivity index (χ0n) is 12.8. The molecule has 0 rings (SSSR count). The Kier molecular flexibility index (Phi) is 20.4. The molecule has 0 aliphatic carbocycles. The molecule has 0 aliphatic heterocycles. The predicted molar refractivity (Wildman–Crippen MR) is 85.9 cm³/mol. The van der Waals surface area contributed by atoms with Crippen molar-refractivity contribution in [3.05, 3.63) is 0 Å². The van der Waals surface area contributed by atoms with E-state index in [9.17, 15) is 0 Å². The molecule has 0 aromatic rings. The average Bonchev–Trinajstić information content (AvgIpc) is 2.37. The zero-order chi connectivity index (χ0) is 13.2. The quantitative estimate of drug-likeness (QED) is 0.366. The zero-order valence-corrected chi connectivity index (χ0v) is 24.9. The molecule has 0 nitrogen and oxygen atoms in total. The molecule has 0 saturated heterocycles. The molecule has 0 spiro atoms. The molecule has 2 radical (unpaired) electrons. The summed E-state index contributed by atoms with van der Waals surface area (Å²) in [6, 6.07) is 8.78. The summed E-state index contributed by atoms with van der Waals surface area (Å²) in [6.07, 6.45) is 0. The van der Waals surface area contributed by atoms with Crippen LogP contribution in [0, 0.1) is 0 Å². The summed E-state index contributed by atoms with van der Waals surface area (Å²) in [5, 5.41) is 0. The summed E-state index contributed by atoms with van der Waals surface area (Å²) in [7, 11) is 0. The van der Waals surface area contributed by atoms with E-state index < -0.39 is 11.2 Å². The minimum Gasteiger partial charge on any atom is 0 e. The molecule has 0 bridgehead atoms. The van der Waals surface area contributed by atoms with Gasteiger partial charge in [0.05, 0.1) is 0 Å². The van der Waals surface area contributed by atoms with E-state index in [4.69, 9.17) is 0 Å². The fraction of sp³-hybridized carbons (Fsp3) is 1.00. The summed E-state index contributed by atoms with van der Waals surface area (Å²) in [4.78, 5) is 0. The van der Waals surface area contributed by atoms with Crippen LogP contribution < -0.4 is 0 Å². The summed E-state index contributed by atoms with van der Waals surface area (Å²) in [6.45, 7) is 14.0. The first-order chi connectivity index (χ1) is 7.36. The monoisotopic (exact) mass is 692 g/mol. The SMILES string of the molecule is CC[Si]([Te])(CC)CC.CC[Si]([Te])(CC)CC.[Hg]. The number of hydrogen-bond donors (Lipinski definition) is 0. The molecule has 0 saturated carbocycles. The summed E-state index contributed by atoms with van der Waals surface area (Å²) in [5.74, 6) is 0. The number of hydrogen-bond acceptors (Lipinski definition) is 0. The molecule has 100 valence electrons. The molecule has 0 amide bonds. The van der Waals surface area contributed by atoms with Crippen molar-refractivity contribution in [2.75, 3.05) is 0 Å². The van der Waals surface area contributed by atoms with Crippen LogP contribution in [0.1, 0.15) is 41.5 Å². The maximum Gasteiger partial charge on any atom is 0 e. The van der Waals surface area contributed by atoms with Crippen molar-refractivity contribution in [3.8, 4) is 0 Å². The van der Waals surface area contributed by atoms with Gasteiger partial charge in [0.1, 0.15) is 0 Å². The third kappa shape index (κ3) is 12.4. The Morgan fingerprint density at radius 3 is 0.647 bits per heavy atom. The van der Waals surface area contributed by atoms with Crippen LogP contribution in [0.25, 0.3) is 0 Å². The van der Waals surface area contributed by atoms with Gasteiger partial charge in [-0.05, 0) is 0 Å². The van der Waals surface area contributed by atoms with Crippen molar-refractivity contribution in [2.45, 2.75) is 77.8 Å². The van der Waals surface area contributed by atoms with E-state index in [-0.39, 0.29) is 27.7 Å². The van der Waals surface area contributed by atoms with E-state index in [0.717, 1.165) is 0 Å². The molecule has 0 N–H and O–H groups in total. The first kappa shape index (κ1) is 24.9. The third-order valence-electron chi connectivity index (χ3n) is 3.87. The van der Waals surface area contributed by atoms with Gasteiger partial charge >= 0.3 is 132 Å². The molecule has 0 aromatic carbocycles. The van der Waals surface area contributed by atoms with E-state index in [0.29, 0.717) is 0 Å². The largest absolute Gasteiger partial charge is 0 e. The van der Waals surface area contributed by atoms with Crippen LogP contribution in [0.3, 0.4) is 0 Å². The Morgan fingerprint density at radius 1 is 0.529 bits per heavy atom. The van der Waals surface area contributed by atoms with E-state index in [1.54, 1.807) is 0 Å². The minimum atomic E-state index is -0.661. The van der Waals surface area contributed by atoms with Gasteiger partial charge in [-0.15, -0.1) is 0 Å². The normalized spacial score (nSPS) is 11.3. The Balaban J connectivity index is -0.000000218. The first-order valence-corrected chi connectivity index (χ1v) is 18.8. The maximum atomic E-state index is 2.42. The average molecular weight is 686 g/mol. The van der Waals surface area contributed by atoms with E-state index in [2.05, 4.69) is 84.6 Å². The fourth-order valence-corrected chi connectivity index (χ4v) is 4.50. The third-order valence-corrected chi connectivity index (χ3v) is 26.4. The number of rotatable bonds is 6. The van der Waals surface area contributed by atoms with Crippen molar-refractivity contribution >= 4 is 54.3 Å². The fourth-order valence-electron chi connectivity index (χ4n) is 1.50. The molecule has 5 heteroatoms. The molecule has 0 fully saturated rings. The van der Waals surface area contributed by atoms with Crippen LogP contribution >= 0.6 is 0 Å². The molecule has 0 heterocycles. The van der Waals surface area contributed by atoms with Gasteiger partial charge < -0.3 is 0 Å². The summed E-state index contributed by atoms with van der Waals surface area (Å²) < 4.78 is 0. The molecule has 0 unspecified atom stereocenters. The molecular weight excluding hydrogens is 656 g/mol. The van der Waals surface area contributed by atoms with Crippen LogP contribution in [0.5, 0.6) is 0 Å². The Morgan fingerprint density at radius 2 is 0.647 bits per heavy atom. The minimum absolute atomic E-state index is 0. The van der Waals surface area contributed by atoms with E-state index in [1.807, 2.05) is 0 Å². The van der Waals surface area contributed by atoms with Crippen LogP contribution in [0.4, 0.5) is 0 Å². The molecule has 17 heavy (non-hydrogen) atoms. The summed E-state index contributed by atoms with van der Waals surface area (Å²) in [5.41, 5.74) is -1.32. The van der Waals surface area contributed by atoms with Gasteiger partial charge in [-0.1, -0.05) is 0 Å². The van der Waals surface area contributed by atoms with Crippen molar-refractivity contribution in [1.29, 1.82) is 0 Å². The van der Waals surface area contributed by atoms with Crippen LogP contribution in [-0.4, -0.2) is 54.3 Å². The molecular formula is C12H30HgSi2Te2. The van der Waals surface area contributed by atoms with Crippen LogP contribution in [-0.2, 0) is 27.7 Å². The molecule has 0 atom stereocenters. The van der Waals surface area contributed by atoms with Crippen molar-refractivity contribution in [3.63, 3.8) is 0 Å². The van der Waals surface area contributed by atoms with Gasteiger partial charge in [-0.25, -0.2) is 0 Å². The Bertz CT molecular complexity index is 126. The second-order valence-electron chi connectivity index (χ2n) is 4.49. The predicted octanol–water partition coefficient (Wildman–Crippen LogP) is 4.32. The van der Waals surface area contributed by atoms with Crippen molar-refractivity contribution < 1.29 is 27.7 Å². The van der Waals surface area contributed by atoms with Gasteiger partial charge in [0.2, 0.25) is 0 Å². The van der Waals surface area contributed by atoms with Gasteiger partial charge in [0, 0.05) is 27.7 Å². The topological polar surface area (TPSA) is 0 Å². The standard InChI is InChI=1S/2C6H15SiTe.Hg/c2*1-4-7(8,5-2)6-3;/h2*4-6H2,1-3H3;. The smallest absolute Gasteiger partial charge is 0 e. The van der Waals surface area contributed by atoms with E-state index in [1.165, 1.54) is 36.3 Å². The maximum absolute atomic E-state index is 2.42. The van der Waals surface area contributed by atoms with Gasteiger partial charge in [0.25, 0.3) is 0 Å². The van der Waals surface area contributed by atoms with Crippen molar-refractivity contribution in [2.24, 2.45) is 0 Å². The van der Waals surface area contributed by atoms with Crippen molar-refractivity contribution in [1.82, 2.24) is 0 Å². The van der Waals surface area contributed by atoms with Gasteiger partial charge in [-0.2, -0.15) is 0 Å². The molecule has 0 aromatic heterocycles. The van der Waals surface area contributed by atoms with Crippen LogP contribution in [0.2, 0.25) is 36.3 Å². The summed E-state index contributed by atoms with van der Waals surface area (Å²) >= 11 is 4.84. The second kappa shape index (κ2) is 13.9. The van der Waals surface area contributed by atoms with Crippen LogP contribution in [0.15, 0.2) is 0 Å².